The third-order valence-electron chi connectivity index (χ3n) is 2.68. The van der Waals surface area contributed by atoms with E-state index < -0.39 is 5.97 Å². The second-order valence-corrected chi connectivity index (χ2v) is 4.57. The summed E-state index contributed by atoms with van der Waals surface area (Å²) in [6.45, 7) is 1.33. The quantitative estimate of drug-likeness (QED) is 0.750. The molecule has 1 fully saturated rings. The molecule has 0 radical (unpaired) electrons. The minimum Gasteiger partial charge on any atom is -0.478 e. The Hall–Kier alpha value is -1.63. The number of anilines is 1. The van der Waals surface area contributed by atoms with Gasteiger partial charge in [-0.15, -0.1) is 0 Å². The maximum absolute atomic E-state index is 11.7. The Morgan fingerprint density at radius 3 is 2.74 bits per heavy atom. The molecule has 0 bridgehead atoms. The molecule has 0 saturated carbocycles. The van der Waals surface area contributed by atoms with Crippen LogP contribution in [0.1, 0.15) is 10.4 Å². The first-order valence-corrected chi connectivity index (χ1v) is 6.08. The number of carboxylic acid groups (broad SMARTS) is 1. The van der Waals surface area contributed by atoms with Crippen molar-refractivity contribution < 1.29 is 19.4 Å². The number of rotatable bonds is 5. The molecule has 2 rings (SSSR count). The SMILES string of the molecule is O=C(CNC1COC1)Nc1cc(C(=O)O)ccc1Cl. The van der Waals surface area contributed by atoms with Crippen LogP contribution in [0.15, 0.2) is 18.2 Å². The van der Waals surface area contributed by atoms with E-state index in [1.165, 1.54) is 18.2 Å². The van der Waals surface area contributed by atoms with Crippen LogP contribution in [0.5, 0.6) is 0 Å². The molecule has 1 amide bonds. The van der Waals surface area contributed by atoms with E-state index in [0.717, 1.165) is 0 Å². The third-order valence-corrected chi connectivity index (χ3v) is 3.01. The Bertz CT molecular complexity index is 503. The number of carbonyl (C=O) groups excluding carboxylic acids is 1. The molecule has 6 nitrogen and oxygen atoms in total. The summed E-state index contributed by atoms with van der Waals surface area (Å²) in [5, 5.41) is 14.7. The molecule has 0 aromatic heterocycles. The summed E-state index contributed by atoms with van der Waals surface area (Å²) in [4.78, 5) is 22.5. The average Bonchev–Trinajstić information content (AvgIpc) is 2.29. The van der Waals surface area contributed by atoms with Gasteiger partial charge in [0.25, 0.3) is 0 Å². The summed E-state index contributed by atoms with van der Waals surface area (Å²) < 4.78 is 4.97. The fourth-order valence-corrected chi connectivity index (χ4v) is 1.70. The van der Waals surface area contributed by atoms with Crippen LogP contribution in [0.3, 0.4) is 0 Å². The number of nitrogens with one attached hydrogen (secondary N) is 2. The largest absolute Gasteiger partial charge is 0.478 e. The van der Waals surface area contributed by atoms with Gasteiger partial charge in [-0.1, -0.05) is 11.6 Å². The minimum atomic E-state index is -1.07. The van der Waals surface area contributed by atoms with Gasteiger partial charge in [0.05, 0.1) is 42.1 Å². The highest BCUT2D eigenvalue weighted by atomic mass is 35.5. The Labute approximate surface area is 114 Å². The van der Waals surface area contributed by atoms with Gasteiger partial charge >= 0.3 is 5.97 Å². The molecular formula is C12H13ClN2O4. The highest BCUT2D eigenvalue weighted by Crippen LogP contribution is 2.23. The molecule has 7 heteroatoms. The molecule has 1 aliphatic rings. The highest BCUT2D eigenvalue weighted by molar-refractivity contribution is 6.33. The number of ether oxygens (including phenoxy) is 1. The van der Waals surface area contributed by atoms with Gasteiger partial charge in [0.1, 0.15) is 0 Å². The molecule has 1 aromatic carbocycles. The third kappa shape index (κ3) is 3.66. The van der Waals surface area contributed by atoms with Gasteiger partial charge in [0.2, 0.25) is 5.91 Å². The van der Waals surface area contributed by atoms with Crippen LogP contribution in [0.2, 0.25) is 5.02 Å². The average molecular weight is 285 g/mol. The smallest absolute Gasteiger partial charge is 0.335 e. The van der Waals surface area contributed by atoms with Crippen molar-refractivity contribution in [1.29, 1.82) is 0 Å². The van der Waals surface area contributed by atoms with Crippen molar-refractivity contribution in [3.05, 3.63) is 28.8 Å². The summed E-state index contributed by atoms with van der Waals surface area (Å²) in [6, 6.07) is 4.35. The second-order valence-electron chi connectivity index (χ2n) is 4.16. The van der Waals surface area contributed by atoms with Crippen LogP contribution < -0.4 is 10.6 Å². The number of aromatic carboxylic acids is 1. The van der Waals surface area contributed by atoms with E-state index in [-0.39, 0.29) is 24.1 Å². The Morgan fingerprint density at radius 1 is 1.42 bits per heavy atom. The summed E-state index contributed by atoms with van der Waals surface area (Å²) in [5.74, 6) is -1.35. The predicted molar refractivity (Wildman–Crippen MR) is 69.7 cm³/mol. The maximum Gasteiger partial charge on any atom is 0.335 e. The zero-order valence-corrected chi connectivity index (χ0v) is 10.7. The lowest BCUT2D eigenvalue weighted by Gasteiger charge is -2.26. The second kappa shape index (κ2) is 6.01. The summed E-state index contributed by atoms with van der Waals surface area (Å²) >= 11 is 5.90. The Balaban J connectivity index is 1.94. The van der Waals surface area contributed by atoms with Crippen LogP contribution in [-0.2, 0) is 9.53 Å². The molecule has 102 valence electrons. The fourth-order valence-electron chi connectivity index (χ4n) is 1.54. The van der Waals surface area contributed by atoms with Crippen LogP contribution in [0, 0.1) is 0 Å². The first kappa shape index (κ1) is 13.8. The van der Waals surface area contributed by atoms with Crippen molar-refractivity contribution in [1.82, 2.24) is 5.32 Å². The van der Waals surface area contributed by atoms with Crippen molar-refractivity contribution >= 4 is 29.2 Å². The molecule has 0 aliphatic carbocycles. The lowest BCUT2D eigenvalue weighted by molar-refractivity contribution is -0.116. The van der Waals surface area contributed by atoms with Crippen LogP contribution in [-0.4, -0.2) is 42.8 Å². The van der Waals surface area contributed by atoms with Crippen molar-refractivity contribution in [3.8, 4) is 0 Å². The lowest BCUT2D eigenvalue weighted by atomic mass is 10.2. The molecule has 1 saturated heterocycles. The van der Waals surface area contributed by atoms with E-state index in [4.69, 9.17) is 21.4 Å². The van der Waals surface area contributed by atoms with E-state index in [1.54, 1.807) is 0 Å². The first-order valence-electron chi connectivity index (χ1n) is 5.70. The predicted octanol–water partition coefficient (Wildman–Crippen LogP) is 0.965. The topological polar surface area (TPSA) is 87.7 Å². The van der Waals surface area contributed by atoms with E-state index in [1.807, 2.05) is 0 Å². The van der Waals surface area contributed by atoms with Gasteiger partial charge in [0, 0.05) is 0 Å². The van der Waals surface area contributed by atoms with Gasteiger partial charge in [-0.05, 0) is 18.2 Å². The minimum absolute atomic E-state index is 0.0695. The Morgan fingerprint density at radius 2 is 2.16 bits per heavy atom. The van der Waals surface area contributed by atoms with Gasteiger partial charge in [-0.2, -0.15) is 0 Å². The molecule has 0 atom stereocenters. The number of benzene rings is 1. The lowest BCUT2D eigenvalue weighted by Crippen LogP contribution is -2.48. The summed E-state index contributed by atoms with van der Waals surface area (Å²) in [7, 11) is 0. The van der Waals surface area contributed by atoms with Crippen molar-refractivity contribution in [2.24, 2.45) is 0 Å². The summed E-state index contributed by atoms with van der Waals surface area (Å²) in [6.07, 6.45) is 0. The van der Waals surface area contributed by atoms with Gasteiger partial charge in [0.15, 0.2) is 0 Å². The summed E-state index contributed by atoms with van der Waals surface area (Å²) in [5.41, 5.74) is 0.360. The molecule has 3 N–H and O–H groups in total. The maximum atomic E-state index is 11.7. The number of hydrogen-bond donors (Lipinski definition) is 3. The molecule has 1 aromatic rings. The highest BCUT2D eigenvalue weighted by Gasteiger charge is 2.18. The zero-order chi connectivity index (χ0) is 13.8. The number of carbonyl (C=O) groups is 2. The molecule has 0 unspecified atom stereocenters. The standard InChI is InChI=1S/C12H13ClN2O4/c13-9-2-1-7(12(17)18)3-10(9)15-11(16)4-14-8-5-19-6-8/h1-3,8,14H,4-6H2,(H,15,16)(H,17,18). The van der Waals surface area contributed by atoms with E-state index in [0.29, 0.717) is 23.9 Å². The first-order chi connectivity index (χ1) is 9.06. The molecular weight excluding hydrogens is 272 g/mol. The van der Waals surface area contributed by atoms with Crippen LogP contribution in [0.4, 0.5) is 5.69 Å². The van der Waals surface area contributed by atoms with Gasteiger partial charge < -0.3 is 20.5 Å². The van der Waals surface area contributed by atoms with Crippen molar-refractivity contribution in [2.75, 3.05) is 25.1 Å². The van der Waals surface area contributed by atoms with Crippen molar-refractivity contribution in [2.45, 2.75) is 6.04 Å². The van der Waals surface area contributed by atoms with Crippen molar-refractivity contribution in [3.63, 3.8) is 0 Å². The molecule has 0 spiro atoms. The Kier molecular flexibility index (Phi) is 4.36. The molecule has 19 heavy (non-hydrogen) atoms. The number of hydrogen-bond acceptors (Lipinski definition) is 4. The van der Waals surface area contributed by atoms with E-state index in [9.17, 15) is 9.59 Å². The van der Waals surface area contributed by atoms with Crippen LogP contribution in [0.25, 0.3) is 0 Å². The van der Waals surface area contributed by atoms with E-state index in [2.05, 4.69) is 10.6 Å². The fraction of sp³-hybridized carbons (Fsp3) is 0.333. The normalized spacial score (nSPS) is 14.8. The number of halogens is 1. The van der Waals surface area contributed by atoms with E-state index >= 15 is 0 Å². The number of carboxylic acids is 1. The number of amides is 1. The monoisotopic (exact) mass is 284 g/mol. The molecule has 1 aliphatic heterocycles. The van der Waals surface area contributed by atoms with Crippen LogP contribution >= 0.6 is 11.6 Å². The molecule has 1 heterocycles. The van der Waals surface area contributed by atoms with Gasteiger partial charge in [-0.3, -0.25) is 4.79 Å². The van der Waals surface area contributed by atoms with Gasteiger partial charge in [-0.25, -0.2) is 4.79 Å². The zero-order valence-electron chi connectivity index (χ0n) is 9.98.